The molecule has 0 fully saturated rings. The number of esters is 1. The smallest absolute Gasteiger partial charge is 0.320 e. The van der Waals surface area contributed by atoms with Gasteiger partial charge in [-0.3, -0.25) is 14.5 Å². The molecule has 0 saturated heterocycles. The van der Waals surface area contributed by atoms with Gasteiger partial charge in [0.2, 0.25) is 0 Å². The Hall–Kier alpha value is -3.23. The van der Waals surface area contributed by atoms with Crippen molar-refractivity contribution >= 4 is 22.8 Å². The number of carbonyl (C=O) groups excluding carboxylic acids is 2. The van der Waals surface area contributed by atoms with Gasteiger partial charge in [0.1, 0.15) is 23.8 Å². The largest absolute Gasteiger partial charge is 0.462 e. The number of amides is 1. The average molecular weight is 457 g/mol. The number of furan rings is 1. The number of hydrogen-bond acceptors (Lipinski definition) is 6. The normalized spacial score (nSPS) is 13.2. The van der Waals surface area contributed by atoms with Crippen molar-refractivity contribution in [3.8, 4) is 11.3 Å². The molecule has 0 aliphatic rings. The van der Waals surface area contributed by atoms with Crippen LogP contribution >= 0.6 is 0 Å². The number of likely N-dealkylation sites (N-methyl/N-ethyl adjacent to an activating group) is 1. The first-order chi connectivity index (χ1) is 15.7. The van der Waals surface area contributed by atoms with E-state index >= 15 is 0 Å². The van der Waals surface area contributed by atoms with E-state index in [2.05, 4.69) is 5.32 Å². The summed E-state index contributed by atoms with van der Waals surface area (Å²) in [4.78, 5) is 26.2. The van der Waals surface area contributed by atoms with E-state index in [1.807, 2.05) is 26.0 Å². The summed E-state index contributed by atoms with van der Waals surface area (Å²) in [7, 11) is 5.14. The van der Waals surface area contributed by atoms with Crippen molar-refractivity contribution in [2.75, 3.05) is 34.3 Å². The maximum Gasteiger partial charge on any atom is 0.320 e. The zero-order chi connectivity index (χ0) is 24.1. The van der Waals surface area contributed by atoms with E-state index < -0.39 is 0 Å². The molecular weight excluding hydrogens is 427 g/mol. The van der Waals surface area contributed by atoms with Crippen LogP contribution in [0.4, 0.5) is 4.39 Å². The highest BCUT2D eigenvalue weighted by Crippen LogP contribution is 2.35. The van der Waals surface area contributed by atoms with Gasteiger partial charge >= 0.3 is 5.97 Å². The predicted molar refractivity (Wildman–Crippen MR) is 123 cm³/mol. The van der Waals surface area contributed by atoms with Gasteiger partial charge in [-0.15, -0.1) is 0 Å². The fourth-order valence-corrected chi connectivity index (χ4v) is 3.50. The highest BCUT2D eigenvalue weighted by molar-refractivity contribution is 6.11. The summed E-state index contributed by atoms with van der Waals surface area (Å²) in [6, 6.07) is 11.3. The molecule has 3 rings (SSSR count). The summed E-state index contributed by atoms with van der Waals surface area (Å²) in [6.07, 6.45) is -0.641. The molecule has 7 nitrogen and oxygen atoms in total. The minimum Gasteiger partial charge on any atom is -0.462 e. The molecule has 1 heterocycles. The standard InChI is InChI=1S/C25H29FN2O5/c1-15(14-31-22(29)13-28(4)5)32-16(2)18-8-11-21-20(12-18)23(25(30)27-3)24(33-21)17-6-9-19(26)10-7-17/h6-12,15-16H,13-14H2,1-5H3,(H,27,30)/t15-,16-/m0/s1. The molecule has 0 aliphatic carbocycles. The molecule has 1 N–H and O–H groups in total. The molecule has 0 unspecified atom stereocenters. The molecule has 2 aromatic carbocycles. The quantitative estimate of drug-likeness (QED) is 0.487. The van der Waals surface area contributed by atoms with E-state index in [0.717, 1.165) is 5.56 Å². The van der Waals surface area contributed by atoms with E-state index in [4.69, 9.17) is 13.9 Å². The minimum absolute atomic E-state index is 0.142. The minimum atomic E-state index is -0.369. The molecule has 176 valence electrons. The second kappa shape index (κ2) is 10.6. The van der Waals surface area contributed by atoms with Gasteiger partial charge < -0.3 is 19.2 Å². The van der Waals surface area contributed by atoms with Crippen molar-refractivity contribution < 1.29 is 27.9 Å². The topological polar surface area (TPSA) is 81.0 Å². The number of rotatable bonds is 9. The van der Waals surface area contributed by atoms with Crippen LogP contribution in [0.15, 0.2) is 46.9 Å². The van der Waals surface area contributed by atoms with Crippen LogP contribution in [0, 0.1) is 5.82 Å². The molecule has 3 aromatic rings. The van der Waals surface area contributed by atoms with Crippen molar-refractivity contribution in [3.63, 3.8) is 0 Å². The number of nitrogens with one attached hydrogen (secondary N) is 1. The van der Waals surface area contributed by atoms with Gasteiger partial charge in [-0.1, -0.05) is 6.07 Å². The number of nitrogens with zero attached hydrogens (tertiary/aromatic N) is 1. The van der Waals surface area contributed by atoms with E-state index in [1.165, 1.54) is 12.1 Å². The number of ether oxygens (including phenoxy) is 2. The summed E-state index contributed by atoms with van der Waals surface area (Å²) < 4.78 is 30.6. The molecule has 0 bridgehead atoms. The Kier molecular flexibility index (Phi) is 7.84. The molecule has 0 saturated carbocycles. The van der Waals surface area contributed by atoms with Gasteiger partial charge in [-0.2, -0.15) is 0 Å². The van der Waals surface area contributed by atoms with E-state index in [-0.39, 0.29) is 43.1 Å². The lowest BCUT2D eigenvalue weighted by Crippen LogP contribution is -2.27. The highest BCUT2D eigenvalue weighted by Gasteiger charge is 2.23. The van der Waals surface area contributed by atoms with Crippen LogP contribution in [0.5, 0.6) is 0 Å². The highest BCUT2D eigenvalue weighted by atomic mass is 19.1. The third kappa shape index (κ3) is 5.97. The Bertz CT molecular complexity index is 1120. The third-order valence-corrected chi connectivity index (χ3v) is 5.10. The molecule has 2 atom stereocenters. The monoisotopic (exact) mass is 456 g/mol. The fraction of sp³-hybridized carbons (Fsp3) is 0.360. The van der Waals surface area contributed by atoms with Crippen molar-refractivity contribution in [3.05, 3.63) is 59.4 Å². The maximum atomic E-state index is 13.4. The van der Waals surface area contributed by atoms with Crippen molar-refractivity contribution in [2.24, 2.45) is 0 Å². The lowest BCUT2D eigenvalue weighted by Gasteiger charge is -2.20. The molecule has 33 heavy (non-hydrogen) atoms. The molecule has 0 aliphatic heterocycles. The SMILES string of the molecule is CNC(=O)c1c(-c2ccc(F)cc2)oc2ccc([C@H](C)O[C@@H](C)COC(=O)CN(C)C)cc12. The van der Waals surface area contributed by atoms with E-state index in [9.17, 15) is 14.0 Å². The van der Waals surface area contributed by atoms with Gasteiger partial charge in [0.25, 0.3) is 5.91 Å². The van der Waals surface area contributed by atoms with Crippen LogP contribution in [0.25, 0.3) is 22.3 Å². The molecule has 1 aromatic heterocycles. The zero-order valence-electron chi connectivity index (χ0n) is 19.5. The van der Waals surface area contributed by atoms with Crippen molar-refractivity contribution in [2.45, 2.75) is 26.1 Å². The van der Waals surface area contributed by atoms with Crippen LogP contribution in [0.2, 0.25) is 0 Å². The number of benzene rings is 2. The van der Waals surface area contributed by atoms with Crippen LogP contribution in [-0.4, -0.2) is 57.2 Å². The van der Waals surface area contributed by atoms with E-state index in [0.29, 0.717) is 27.9 Å². The fourth-order valence-electron chi connectivity index (χ4n) is 3.50. The Morgan fingerprint density at radius 3 is 2.45 bits per heavy atom. The Balaban J connectivity index is 1.84. The first-order valence-corrected chi connectivity index (χ1v) is 10.7. The molecule has 0 spiro atoms. The van der Waals surface area contributed by atoms with Crippen LogP contribution in [-0.2, 0) is 14.3 Å². The van der Waals surface area contributed by atoms with Crippen LogP contribution in [0.3, 0.4) is 0 Å². The van der Waals surface area contributed by atoms with Gasteiger partial charge in [-0.25, -0.2) is 4.39 Å². The van der Waals surface area contributed by atoms with Crippen LogP contribution in [0.1, 0.15) is 35.9 Å². The summed E-state index contributed by atoms with van der Waals surface area (Å²) >= 11 is 0. The number of carbonyl (C=O) groups is 2. The molecule has 1 amide bonds. The van der Waals surface area contributed by atoms with Gasteiger partial charge in [0.15, 0.2) is 0 Å². The van der Waals surface area contributed by atoms with Gasteiger partial charge in [0, 0.05) is 18.0 Å². The molecular formula is C25H29FN2O5. The van der Waals surface area contributed by atoms with Crippen molar-refractivity contribution in [1.29, 1.82) is 0 Å². The van der Waals surface area contributed by atoms with E-state index in [1.54, 1.807) is 44.2 Å². The number of halogens is 1. The van der Waals surface area contributed by atoms with Crippen molar-refractivity contribution in [1.82, 2.24) is 10.2 Å². The number of hydrogen-bond donors (Lipinski definition) is 1. The maximum absolute atomic E-state index is 13.4. The summed E-state index contributed by atoms with van der Waals surface area (Å²) in [5.41, 5.74) is 2.35. The van der Waals surface area contributed by atoms with Crippen LogP contribution < -0.4 is 5.32 Å². The van der Waals surface area contributed by atoms with Gasteiger partial charge in [-0.05, 0) is 69.9 Å². The third-order valence-electron chi connectivity index (χ3n) is 5.10. The zero-order valence-corrected chi connectivity index (χ0v) is 19.5. The van der Waals surface area contributed by atoms with Gasteiger partial charge in [0.05, 0.1) is 24.3 Å². The first-order valence-electron chi connectivity index (χ1n) is 10.7. The second-order valence-electron chi connectivity index (χ2n) is 8.16. The average Bonchev–Trinajstić information content (AvgIpc) is 3.16. The Labute approximate surface area is 192 Å². The molecule has 8 heteroatoms. The molecule has 0 radical (unpaired) electrons. The lowest BCUT2D eigenvalue weighted by atomic mass is 10.0. The predicted octanol–water partition coefficient (Wildman–Crippen LogP) is 4.17. The lowest BCUT2D eigenvalue weighted by molar-refractivity contribution is -0.149. The number of fused-ring (bicyclic) bond motifs is 1. The summed E-state index contributed by atoms with van der Waals surface area (Å²) in [5, 5.41) is 3.28. The Morgan fingerprint density at radius 2 is 1.82 bits per heavy atom. The first kappa shape index (κ1) is 24.4. The Morgan fingerprint density at radius 1 is 1.12 bits per heavy atom. The summed E-state index contributed by atoms with van der Waals surface area (Å²) in [6.45, 7) is 4.07. The second-order valence-corrected chi connectivity index (χ2v) is 8.16. The summed E-state index contributed by atoms with van der Waals surface area (Å²) in [5.74, 6) is -0.617.